The van der Waals surface area contributed by atoms with Gasteiger partial charge in [0.05, 0.1) is 5.69 Å². The summed E-state index contributed by atoms with van der Waals surface area (Å²) >= 11 is 0. The van der Waals surface area contributed by atoms with Gasteiger partial charge in [-0.05, 0) is 135 Å². The predicted octanol–water partition coefficient (Wildman–Crippen LogP) is 5.35. The SMILES string of the molecule is CC1CC2Cc3ncc(-c4ccc5c(n4)C[C@@H]4C[C@@]6(C)CC57NCCC6[C@H]47)cc3C3(C1)NCCCC23. The summed E-state index contributed by atoms with van der Waals surface area (Å²) < 4.78 is 0. The van der Waals surface area contributed by atoms with Crippen molar-refractivity contribution in [3.05, 3.63) is 46.9 Å². The minimum Gasteiger partial charge on any atom is -0.307 e. The largest absolute Gasteiger partial charge is 0.307 e. The fourth-order valence-corrected chi connectivity index (χ4v) is 11.8. The molecule has 2 aromatic heterocycles. The molecule has 6 unspecified atom stereocenters. The van der Waals surface area contributed by atoms with Crippen LogP contribution >= 0.6 is 0 Å². The van der Waals surface area contributed by atoms with Crippen LogP contribution in [0, 0.1) is 40.9 Å². The molecule has 0 aromatic carbocycles. The fourth-order valence-electron chi connectivity index (χ4n) is 11.8. The van der Waals surface area contributed by atoms with Gasteiger partial charge in [-0.3, -0.25) is 9.97 Å². The molecule has 5 fully saturated rings. The molecule has 2 aromatic rings. The van der Waals surface area contributed by atoms with Crippen molar-refractivity contribution in [1.29, 1.82) is 0 Å². The number of pyridine rings is 2. The van der Waals surface area contributed by atoms with Crippen LogP contribution in [0.15, 0.2) is 24.4 Å². The average Bonchev–Trinajstić information content (AvgIpc) is 3.23. The highest BCUT2D eigenvalue weighted by Crippen LogP contribution is 2.72. The molecule has 2 N–H and O–H groups in total. The van der Waals surface area contributed by atoms with Crippen molar-refractivity contribution >= 4 is 0 Å². The molecule has 9 rings (SSSR count). The lowest BCUT2D eigenvalue weighted by molar-refractivity contribution is 0.00809. The van der Waals surface area contributed by atoms with E-state index in [2.05, 4.69) is 48.9 Å². The van der Waals surface area contributed by atoms with Crippen molar-refractivity contribution in [2.24, 2.45) is 40.9 Å². The average molecular weight is 481 g/mol. The zero-order chi connectivity index (χ0) is 23.9. The van der Waals surface area contributed by atoms with Gasteiger partial charge in [0.25, 0.3) is 0 Å². The third kappa shape index (κ3) is 2.45. The van der Waals surface area contributed by atoms with E-state index in [0.29, 0.717) is 5.41 Å². The Morgan fingerprint density at radius 3 is 2.75 bits per heavy atom. The maximum atomic E-state index is 5.43. The van der Waals surface area contributed by atoms with E-state index in [1.807, 2.05) is 0 Å². The maximum absolute atomic E-state index is 5.43. The van der Waals surface area contributed by atoms with Crippen molar-refractivity contribution in [1.82, 2.24) is 20.6 Å². The Morgan fingerprint density at radius 2 is 1.81 bits per heavy atom. The monoisotopic (exact) mass is 480 g/mol. The molecule has 0 radical (unpaired) electrons. The summed E-state index contributed by atoms with van der Waals surface area (Å²) in [7, 11) is 0. The zero-order valence-electron chi connectivity index (χ0n) is 21.9. The van der Waals surface area contributed by atoms with E-state index in [1.165, 1.54) is 92.4 Å². The third-order valence-corrected chi connectivity index (χ3v) is 12.5. The van der Waals surface area contributed by atoms with Crippen LogP contribution in [0.2, 0.25) is 0 Å². The second-order valence-corrected chi connectivity index (χ2v) is 14.4. The molecule has 4 heterocycles. The molecule has 4 heteroatoms. The van der Waals surface area contributed by atoms with Crippen molar-refractivity contribution in [2.75, 3.05) is 13.1 Å². The van der Waals surface area contributed by atoms with E-state index < -0.39 is 0 Å². The molecular weight excluding hydrogens is 440 g/mol. The van der Waals surface area contributed by atoms with Crippen LogP contribution in [0.4, 0.5) is 0 Å². The first-order valence-electron chi connectivity index (χ1n) is 15.0. The molecule has 2 aliphatic heterocycles. The number of hydrogen-bond acceptors (Lipinski definition) is 4. The van der Waals surface area contributed by atoms with Crippen LogP contribution in [0.25, 0.3) is 11.3 Å². The number of rotatable bonds is 1. The lowest BCUT2D eigenvalue weighted by Gasteiger charge is -2.57. The lowest BCUT2D eigenvalue weighted by Crippen LogP contribution is -2.60. The smallest absolute Gasteiger partial charge is 0.0721 e. The van der Waals surface area contributed by atoms with Crippen LogP contribution < -0.4 is 10.6 Å². The Labute approximate surface area is 215 Å². The molecule has 0 amide bonds. The van der Waals surface area contributed by atoms with Gasteiger partial charge in [-0.25, -0.2) is 0 Å². The number of fused-ring (bicyclic) bond motifs is 2. The molecule has 6 bridgehead atoms. The molecule has 7 aliphatic rings. The molecule has 36 heavy (non-hydrogen) atoms. The van der Waals surface area contributed by atoms with E-state index in [-0.39, 0.29) is 11.1 Å². The van der Waals surface area contributed by atoms with Gasteiger partial charge in [-0.15, -0.1) is 0 Å². The highest BCUT2D eigenvalue weighted by Gasteiger charge is 2.70. The molecule has 188 valence electrons. The number of nitrogens with one attached hydrogen (secondary N) is 2. The van der Waals surface area contributed by atoms with Crippen molar-refractivity contribution in [3.8, 4) is 11.3 Å². The summed E-state index contributed by atoms with van der Waals surface area (Å²) in [6.45, 7) is 7.39. The normalized spacial score (nSPS) is 47.2. The first-order valence-corrected chi connectivity index (χ1v) is 15.0. The number of nitrogens with zero attached hydrogens (tertiary/aromatic N) is 2. The van der Waals surface area contributed by atoms with E-state index in [0.717, 1.165) is 47.7 Å². The number of piperidine rings is 2. The van der Waals surface area contributed by atoms with Crippen LogP contribution in [-0.4, -0.2) is 23.1 Å². The van der Waals surface area contributed by atoms with Gasteiger partial charge < -0.3 is 10.6 Å². The van der Waals surface area contributed by atoms with Crippen LogP contribution in [-0.2, 0) is 23.9 Å². The lowest BCUT2D eigenvalue weighted by atomic mass is 9.54. The Hall–Kier alpha value is -1.78. The molecule has 3 saturated carbocycles. The minimum absolute atomic E-state index is 0.138. The summed E-state index contributed by atoms with van der Waals surface area (Å²) in [5, 5.41) is 8.14. The topological polar surface area (TPSA) is 49.8 Å². The summed E-state index contributed by atoms with van der Waals surface area (Å²) in [6, 6.07) is 7.30. The van der Waals surface area contributed by atoms with E-state index in [1.54, 1.807) is 0 Å². The van der Waals surface area contributed by atoms with E-state index >= 15 is 0 Å². The van der Waals surface area contributed by atoms with E-state index in [9.17, 15) is 0 Å². The summed E-state index contributed by atoms with van der Waals surface area (Å²) in [5.41, 5.74) is 9.01. The predicted molar refractivity (Wildman–Crippen MR) is 141 cm³/mol. The van der Waals surface area contributed by atoms with Crippen molar-refractivity contribution in [2.45, 2.75) is 82.7 Å². The number of aromatic nitrogens is 2. The minimum atomic E-state index is 0.138. The van der Waals surface area contributed by atoms with Crippen LogP contribution in [0.5, 0.6) is 0 Å². The molecule has 5 aliphatic carbocycles. The first-order chi connectivity index (χ1) is 17.5. The Bertz CT molecular complexity index is 1290. The van der Waals surface area contributed by atoms with Gasteiger partial charge in [-0.2, -0.15) is 0 Å². The van der Waals surface area contributed by atoms with Gasteiger partial charge in [-0.1, -0.05) is 19.9 Å². The van der Waals surface area contributed by atoms with E-state index in [4.69, 9.17) is 9.97 Å². The molecule has 0 spiro atoms. The summed E-state index contributed by atoms with van der Waals surface area (Å²) in [4.78, 5) is 10.6. The summed E-state index contributed by atoms with van der Waals surface area (Å²) in [5.74, 6) is 4.92. The van der Waals surface area contributed by atoms with Crippen LogP contribution in [0.3, 0.4) is 0 Å². The zero-order valence-corrected chi connectivity index (χ0v) is 21.9. The number of hydrogen-bond donors (Lipinski definition) is 2. The van der Waals surface area contributed by atoms with Gasteiger partial charge in [0.1, 0.15) is 0 Å². The maximum Gasteiger partial charge on any atom is 0.0721 e. The van der Waals surface area contributed by atoms with Gasteiger partial charge in [0.15, 0.2) is 0 Å². The first kappa shape index (κ1) is 21.2. The Morgan fingerprint density at radius 1 is 0.917 bits per heavy atom. The second-order valence-electron chi connectivity index (χ2n) is 14.4. The highest BCUT2D eigenvalue weighted by molar-refractivity contribution is 5.62. The third-order valence-electron chi connectivity index (χ3n) is 12.5. The van der Waals surface area contributed by atoms with Gasteiger partial charge >= 0.3 is 0 Å². The Kier molecular flexibility index (Phi) is 4.00. The molecule has 2 saturated heterocycles. The second kappa shape index (κ2) is 6.80. The highest BCUT2D eigenvalue weighted by atomic mass is 15.1. The molecule has 4 nitrogen and oxygen atoms in total. The Balaban J connectivity index is 1.14. The standard InChI is InChI=1S/C32H40N4/c1-18-10-19-12-27-25(31(14-18)22(19)4-3-8-34-31)11-21(16-33-27)26-6-5-23-28(36-26)13-20-15-30(2)17-32(23)29(20)24(30)7-9-35-32/h5-6,11,16,18-20,22,24,29,34-35H,3-4,7-10,12-15,17H2,1-2H3/t18?,19?,20-,22?,24?,29+,30+,31?,32?/m1/s1. The van der Waals surface area contributed by atoms with Gasteiger partial charge in [0.2, 0.25) is 0 Å². The van der Waals surface area contributed by atoms with Crippen molar-refractivity contribution < 1.29 is 0 Å². The van der Waals surface area contributed by atoms with Crippen LogP contribution in [0.1, 0.15) is 81.3 Å². The summed E-state index contributed by atoms with van der Waals surface area (Å²) in [6.07, 6.45) is 13.9. The fraction of sp³-hybridized carbons (Fsp3) is 0.688. The quantitative estimate of drug-likeness (QED) is 0.578. The molecule has 9 atom stereocenters. The van der Waals surface area contributed by atoms with Gasteiger partial charge in [0, 0.05) is 34.2 Å². The van der Waals surface area contributed by atoms with Crippen molar-refractivity contribution in [3.63, 3.8) is 0 Å². The molecular formula is C32H40N4.